The largest absolute Gasteiger partial charge is 0.469 e. The van der Waals surface area contributed by atoms with Crippen LogP contribution in [0.2, 0.25) is 0 Å². The van der Waals surface area contributed by atoms with Gasteiger partial charge in [-0.2, -0.15) is 0 Å². The molecule has 0 N–H and O–H groups in total. The number of ether oxygens (including phenoxy) is 1. The second-order valence-corrected chi connectivity index (χ2v) is 6.61. The normalized spacial score (nSPS) is 11.3. The molecule has 0 saturated heterocycles. The molecule has 0 saturated carbocycles. The van der Waals surface area contributed by atoms with Crippen molar-refractivity contribution >= 4 is 18.0 Å². The molecule has 1 aromatic carbocycles. The van der Waals surface area contributed by atoms with E-state index < -0.39 is 0 Å². The summed E-state index contributed by atoms with van der Waals surface area (Å²) < 4.78 is 4.66. The first-order valence-electron chi connectivity index (χ1n) is 8.62. The van der Waals surface area contributed by atoms with Crippen molar-refractivity contribution in [1.29, 1.82) is 0 Å². The van der Waals surface area contributed by atoms with Gasteiger partial charge in [0.1, 0.15) is 0 Å². The minimum absolute atomic E-state index is 0.0984. The average Bonchev–Trinajstić information content (AvgIpc) is 2.59. The maximum Gasteiger partial charge on any atom is 0.307 e. The lowest BCUT2D eigenvalue weighted by Gasteiger charge is -2.22. The highest BCUT2D eigenvalue weighted by atomic mass is 16.5. The topological polar surface area (TPSA) is 49.9 Å². The Morgan fingerprint density at radius 2 is 1.72 bits per heavy atom. The van der Waals surface area contributed by atoms with Crippen LogP contribution < -0.4 is 0 Å². The zero-order chi connectivity index (χ0) is 18.8. The second-order valence-electron chi connectivity index (χ2n) is 6.61. The average molecular weight is 346 g/mol. The highest BCUT2D eigenvalue weighted by Crippen LogP contribution is 2.15. The lowest BCUT2D eigenvalue weighted by atomic mass is 10.0. The monoisotopic (exact) mass is 346 g/mol. The Kier molecular flexibility index (Phi) is 8.92. The molecule has 5 heteroatoms. The molecular weight excluding hydrogens is 316 g/mol. The first-order chi connectivity index (χ1) is 11.8. The number of methoxy groups -OCH3 is 1. The van der Waals surface area contributed by atoms with Gasteiger partial charge in [-0.1, -0.05) is 38.1 Å². The molecule has 5 nitrogen and oxygen atoms in total. The molecule has 0 aliphatic carbocycles. The fourth-order valence-electron chi connectivity index (χ4n) is 2.25. The van der Waals surface area contributed by atoms with Crippen LogP contribution in [0, 0.1) is 0 Å². The molecule has 25 heavy (non-hydrogen) atoms. The van der Waals surface area contributed by atoms with Crippen LogP contribution in [-0.4, -0.2) is 62.5 Å². The summed E-state index contributed by atoms with van der Waals surface area (Å²) in [5.41, 5.74) is 2.26. The molecule has 0 atom stereocenters. The quantitative estimate of drug-likeness (QED) is 0.510. The van der Waals surface area contributed by atoms with Gasteiger partial charge in [0.05, 0.1) is 13.5 Å². The van der Waals surface area contributed by atoms with Gasteiger partial charge in [0.15, 0.2) is 0 Å². The first-order valence-corrected chi connectivity index (χ1v) is 8.62. The van der Waals surface area contributed by atoms with E-state index in [1.807, 2.05) is 37.2 Å². The summed E-state index contributed by atoms with van der Waals surface area (Å²) in [6.45, 7) is 5.97. The summed E-state index contributed by atoms with van der Waals surface area (Å²) in [5.74, 6) is 0.0779. The van der Waals surface area contributed by atoms with Gasteiger partial charge in [0.2, 0.25) is 5.91 Å². The number of hydrogen-bond acceptors (Lipinski definition) is 4. The first kappa shape index (κ1) is 20.9. The Hall–Kier alpha value is -2.14. The van der Waals surface area contributed by atoms with Gasteiger partial charge >= 0.3 is 5.97 Å². The third-order valence-corrected chi connectivity index (χ3v) is 3.96. The van der Waals surface area contributed by atoms with Crippen molar-refractivity contribution in [1.82, 2.24) is 9.80 Å². The van der Waals surface area contributed by atoms with Crippen molar-refractivity contribution in [2.45, 2.75) is 26.2 Å². The van der Waals surface area contributed by atoms with Gasteiger partial charge in [0.25, 0.3) is 0 Å². The molecule has 0 aliphatic rings. The van der Waals surface area contributed by atoms with E-state index in [0.29, 0.717) is 19.0 Å². The molecule has 1 aromatic rings. The predicted octanol–water partition coefficient (Wildman–Crippen LogP) is 2.78. The van der Waals surface area contributed by atoms with Crippen molar-refractivity contribution < 1.29 is 14.3 Å². The van der Waals surface area contributed by atoms with E-state index in [-0.39, 0.29) is 18.3 Å². The number of amides is 1. The highest BCUT2D eigenvalue weighted by molar-refractivity contribution is 5.92. The minimum Gasteiger partial charge on any atom is -0.469 e. The highest BCUT2D eigenvalue weighted by Gasteiger charge is 2.13. The summed E-state index contributed by atoms with van der Waals surface area (Å²) in [4.78, 5) is 27.5. The van der Waals surface area contributed by atoms with Crippen molar-refractivity contribution in [3.05, 3.63) is 41.5 Å². The zero-order valence-electron chi connectivity index (χ0n) is 16.0. The van der Waals surface area contributed by atoms with Gasteiger partial charge in [-0.25, -0.2) is 0 Å². The SMILES string of the molecule is COC(=O)CCN(CCN(C)C)C(=O)/C=C/c1ccc(C(C)C)cc1. The number of likely N-dealkylation sites (N-methyl/N-ethyl adjacent to an activating group) is 1. The molecule has 0 unspecified atom stereocenters. The molecule has 0 heterocycles. The fourth-order valence-corrected chi connectivity index (χ4v) is 2.25. The van der Waals surface area contributed by atoms with E-state index in [4.69, 9.17) is 0 Å². The fraction of sp³-hybridized carbons (Fsp3) is 0.500. The van der Waals surface area contributed by atoms with Crippen LogP contribution in [0.5, 0.6) is 0 Å². The zero-order valence-corrected chi connectivity index (χ0v) is 16.0. The van der Waals surface area contributed by atoms with Crippen LogP contribution in [0.15, 0.2) is 30.3 Å². The van der Waals surface area contributed by atoms with Crippen molar-refractivity contribution in [2.24, 2.45) is 0 Å². The molecule has 1 rings (SSSR count). The molecule has 0 bridgehead atoms. The van der Waals surface area contributed by atoms with Crippen LogP contribution in [0.1, 0.15) is 37.3 Å². The Labute approximate surface area is 151 Å². The Balaban J connectivity index is 2.72. The summed E-state index contributed by atoms with van der Waals surface area (Å²) >= 11 is 0. The molecule has 0 aromatic heterocycles. The number of nitrogens with zero attached hydrogens (tertiary/aromatic N) is 2. The van der Waals surface area contributed by atoms with E-state index in [1.165, 1.54) is 12.7 Å². The molecule has 0 spiro atoms. The number of rotatable bonds is 9. The smallest absolute Gasteiger partial charge is 0.307 e. The Morgan fingerprint density at radius 3 is 2.24 bits per heavy atom. The van der Waals surface area contributed by atoms with Gasteiger partial charge < -0.3 is 14.5 Å². The third kappa shape index (κ3) is 7.98. The Morgan fingerprint density at radius 1 is 1.08 bits per heavy atom. The maximum absolute atomic E-state index is 12.5. The molecule has 1 amide bonds. The van der Waals surface area contributed by atoms with E-state index in [2.05, 4.69) is 30.7 Å². The van der Waals surface area contributed by atoms with Crippen LogP contribution in [0.4, 0.5) is 0 Å². The van der Waals surface area contributed by atoms with Crippen LogP contribution in [-0.2, 0) is 14.3 Å². The Bertz CT molecular complexity index is 577. The van der Waals surface area contributed by atoms with Crippen molar-refractivity contribution in [2.75, 3.05) is 40.8 Å². The number of carbonyl (C=O) groups excluding carboxylic acids is 2. The van der Waals surface area contributed by atoms with Gasteiger partial charge in [-0.3, -0.25) is 9.59 Å². The third-order valence-electron chi connectivity index (χ3n) is 3.96. The van der Waals surface area contributed by atoms with Gasteiger partial charge in [0, 0.05) is 25.7 Å². The maximum atomic E-state index is 12.5. The number of hydrogen-bond donors (Lipinski definition) is 0. The molecular formula is C20H30N2O3. The van der Waals surface area contributed by atoms with E-state index >= 15 is 0 Å². The number of carbonyl (C=O) groups is 2. The summed E-state index contributed by atoms with van der Waals surface area (Å²) in [5, 5.41) is 0. The van der Waals surface area contributed by atoms with Crippen molar-refractivity contribution in [3.63, 3.8) is 0 Å². The predicted molar refractivity (Wildman–Crippen MR) is 101 cm³/mol. The van der Waals surface area contributed by atoms with Gasteiger partial charge in [-0.15, -0.1) is 0 Å². The molecule has 0 fully saturated rings. The van der Waals surface area contributed by atoms with Crippen LogP contribution in [0.3, 0.4) is 0 Å². The standard InChI is InChI=1S/C20H30N2O3/c1-16(2)18-9-6-17(7-10-18)8-11-19(23)22(15-14-21(3)4)13-12-20(24)25-5/h6-11,16H,12-15H2,1-5H3/b11-8+. The van der Waals surface area contributed by atoms with Gasteiger partial charge in [-0.05, 0) is 37.2 Å². The molecule has 0 radical (unpaired) electrons. The van der Waals surface area contributed by atoms with Crippen molar-refractivity contribution in [3.8, 4) is 0 Å². The summed E-state index contributed by atoms with van der Waals surface area (Å²) in [6, 6.07) is 8.18. The summed E-state index contributed by atoms with van der Waals surface area (Å²) in [7, 11) is 5.26. The molecule has 0 aliphatic heterocycles. The second kappa shape index (κ2) is 10.7. The van der Waals surface area contributed by atoms with Crippen LogP contribution in [0.25, 0.3) is 6.08 Å². The lowest BCUT2D eigenvalue weighted by molar-refractivity contribution is -0.141. The van der Waals surface area contributed by atoms with E-state index in [1.54, 1.807) is 11.0 Å². The lowest BCUT2D eigenvalue weighted by Crippen LogP contribution is -2.37. The van der Waals surface area contributed by atoms with E-state index in [0.717, 1.165) is 12.1 Å². The number of esters is 1. The summed E-state index contributed by atoms with van der Waals surface area (Å²) in [6.07, 6.45) is 3.58. The molecule has 138 valence electrons. The number of benzene rings is 1. The van der Waals surface area contributed by atoms with E-state index in [9.17, 15) is 9.59 Å². The van der Waals surface area contributed by atoms with Crippen LogP contribution >= 0.6 is 0 Å². The minimum atomic E-state index is -0.309.